The number of hydrogen-bond donors (Lipinski definition) is 3. The number of nitrogens with one attached hydrogen (secondary N) is 1. The molecule has 3 aromatic heterocycles. The van der Waals surface area contributed by atoms with E-state index < -0.39 is 0 Å². The molecule has 0 radical (unpaired) electrons. The molecule has 7 aliphatic rings. The van der Waals surface area contributed by atoms with E-state index in [2.05, 4.69) is 134 Å². The highest BCUT2D eigenvalue weighted by molar-refractivity contribution is 5.87. The molecule has 332 valence electrons. The van der Waals surface area contributed by atoms with E-state index in [9.17, 15) is 0 Å². The van der Waals surface area contributed by atoms with E-state index in [4.69, 9.17) is 11.5 Å². The van der Waals surface area contributed by atoms with E-state index in [1.54, 1.807) is 19.4 Å². The van der Waals surface area contributed by atoms with E-state index in [-0.39, 0.29) is 11.9 Å². The first-order valence-electron chi connectivity index (χ1n) is 23.0. The Kier molecular flexibility index (Phi) is 18.2. The maximum atomic E-state index is 5.08. The van der Waals surface area contributed by atoms with Crippen molar-refractivity contribution in [3.63, 3.8) is 0 Å². The highest BCUT2D eigenvalue weighted by Gasteiger charge is 2.43. The number of nitrogen functional groups attached to an aromatic ring is 2. The number of nitrogens with two attached hydrogens (primary N) is 2. The zero-order valence-electron chi connectivity index (χ0n) is 38.6. The Bertz CT molecular complexity index is 1840. The lowest BCUT2D eigenvalue weighted by atomic mass is 9.79. The van der Waals surface area contributed by atoms with Crippen molar-refractivity contribution in [2.75, 3.05) is 11.5 Å². The number of anilines is 2. The van der Waals surface area contributed by atoms with Crippen molar-refractivity contribution in [2.24, 2.45) is 46.5 Å². The van der Waals surface area contributed by atoms with Crippen LogP contribution in [-0.4, -0.2) is 56.7 Å². The summed E-state index contributed by atoms with van der Waals surface area (Å²) in [5.41, 5.74) is 21.7. The Morgan fingerprint density at radius 1 is 0.623 bits per heavy atom. The number of nitrogens with zero attached hydrogens (tertiary/aromatic N) is 11. The van der Waals surface area contributed by atoms with Gasteiger partial charge in [-0.25, -0.2) is 0 Å². The van der Waals surface area contributed by atoms with E-state index in [1.807, 2.05) is 6.20 Å². The molecule has 10 rings (SSSR count). The van der Waals surface area contributed by atoms with Gasteiger partial charge in [-0.1, -0.05) is 64.8 Å². The summed E-state index contributed by atoms with van der Waals surface area (Å²) in [7, 11) is 0. The van der Waals surface area contributed by atoms with Crippen LogP contribution < -0.4 is 16.9 Å². The molecule has 1 aliphatic heterocycles. The molecule has 61 heavy (non-hydrogen) atoms. The highest BCUT2D eigenvalue weighted by atomic mass is 15.3. The number of aromatic nitrogens is 10. The fraction of sp³-hybridized carbons (Fsp3) is 0.681. The summed E-state index contributed by atoms with van der Waals surface area (Å²) in [5.74, 6) is 9.13. The molecule has 0 amide bonds. The van der Waals surface area contributed by atoms with Crippen molar-refractivity contribution in [3.05, 3.63) is 70.2 Å². The lowest BCUT2D eigenvalue weighted by molar-refractivity contribution is 0.409. The second-order valence-corrected chi connectivity index (χ2v) is 18.6. The Labute approximate surface area is 365 Å². The van der Waals surface area contributed by atoms with Crippen LogP contribution in [-0.2, 0) is 0 Å². The van der Waals surface area contributed by atoms with Crippen LogP contribution in [0.4, 0.5) is 11.9 Å². The predicted molar refractivity (Wildman–Crippen MR) is 245 cm³/mol. The van der Waals surface area contributed by atoms with Gasteiger partial charge in [0.05, 0.1) is 11.9 Å². The number of hydrogen-bond acceptors (Lipinski definition) is 14. The minimum absolute atomic E-state index is 0.107. The van der Waals surface area contributed by atoms with Gasteiger partial charge in [-0.15, -0.1) is 40.8 Å². The zero-order valence-corrected chi connectivity index (χ0v) is 38.6. The third-order valence-corrected chi connectivity index (χ3v) is 13.6. The smallest absolute Gasteiger partial charge is 0.259 e. The molecular weight excluding hydrogens is 761 g/mol. The summed E-state index contributed by atoms with van der Waals surface area (Å²) in [6.45, 7) is 19.3. The summed E-state index contributed by atoms with van der Waals surface area (Å²) in [6, 6.07) is 0. The second-order valence-electron chi connectivity index (χ2n) is 18.6. The lowest BCUT2D eigenvalue weighted by Gasteiger charge is -2.30. The molecule has 4 heterocycles. The molecule has 0 saturated heterocycles. The quantitative estimate of drug-likeness (QED) is 0.181. The molecule has 3 fully saturated rings. The van der Waals surface area contributed by atoms with Crippen LogP contribution in [0.25, 0.3) is 0 Å². The van der Waals surface area contributed by atoms with E-state index in [0.29, 0.717) is 17.6 Å². The first kappa shape index (κ1) is 47.3. The monoisotopic (exact) mass is 835 g/mol. The Morgan fingerprint density at radius 2 is 1.26 bits per heavy atom. The van der Waals surface area contributed by atoms with Crippen molar-refractivity contribution in [2.45, 2.75) is 164 Å². The summed E-state index contributed by atoms with van der Waals surface area (Å²) >= 11 is 0. The molecule has 14 nitrogen and oxygen atoms in total. The number of fused-ring (bicyclic) bond motifs is 8. The van der Waals surface area contributed by atoms with Crippen molar-refractivity contribution >= 4 is 17.6 Å². The van der Waals surface area contributed by atoms with Crippen molar-refractivity contribution in [3.8, 4) is 0 Å². The number of rotatable bonds is 0. The predicted octanol–water partition coefficient (Wildman–Crippen LogP) is 9.53. The van der Waals surface area contributed by atoms with Gasteiger partial charge in [-0.2, -0.15) is 15.3 Å². The standard InChI is InChI=1S/C13H22N2.C11H14N2.C9H16.C8H12.2C3H5N5/c1-9-5-4-6-12-10(2)14-15-11(3)13(12)8-7-9;1-6-3-8-4-9(6)11-7(2)13-12-5-10(8)11;1-9-7-5-3-2-4-6-8-9;1-6-4-7-2-3-8(6)5-7;2*1-2-5-7-3(4)8-6-2/h9,13-14H,4-8H2,1-3H3;5-6,8-9H,3-4H2,1-2H3;2-3,9H,4-8H2,1H3;2-3,6-8H,4-5H2,1H3;2*1H3,(H2,4,7,8)/b;;3-2+;;;. The summed E-state index contributed by atoms with van der Waals surface area (Å²) in [6.07, 6.45) is 30.6. The van der Waals surface area contributed by atoms with Crippen LogP contribution in [0.2, 0.25) is 0 Å². The SMILES string of the molecule is CC1=NNC(C)=C2CCCC(C)CCC12.CC1CC/C=C/CCC1.CC1CC2C=CC1C2.Cc1nnc(N)nn1.Cc1nnc(N)nn1.Cc1nncc2c1C1CC2CC1C. The number of hydrazone groups is 1. The molecule has 5 N–H and O–H groups in total. The van der Waals surface area contributed by atoms with Crippen molar-refractivity contribution < 1.29 is 0 Å². The number of aryl methyl sites for hydroxylation is 3. The van der Waals surface area contributed by atoms with Crippen LogP contribution in [0, 0.1) is 62.2 Å². The third-order valence-electron chi connectivity index (χ3n) is 13.6. The molecule has 9 atom stereocenters. The molecule has 3 saturated carbocycles. The van der Waals surface area contributed by atoms with Gasteiger partial charge in [0, 0.05) is 17.3 Å². The van der Waals surface area contributed by atoms with E-state index in [1.165, 1.54) is 112 Å². The Morgan fingerprint density at radius 3 is 1.85 bits per heavy atom. The van der Waals surface area contributed by atoms with Crippen molar-refractivity contribution in [1.82, 2.24) is 56.4 Å². The molecule has 4 bridgehead atoms. The molecule has 0 aromatic carbocycles. The van der Waals surface area contributed by atoms with Gasteiger partial charge in [0.15, 0.2) is 11.6 Å². The number of allylic oxidation sites excluding steroid dienone is 6. The van der Waals surface area contributed by atoms with Gasteiger partial charge < -0.3 is 11.5 Å². The second kappa shape index (κ2) is 23.5. The molecule has 6 aliphatic carbocycles. The molecule has 14 heteroatoms. The van der Waals surface area contributed by atoms with Gasteiger partial charge in [-0.05, 0) is 176 Å². The van der Waals surface area contributed by atoms with Gasteiger partial charge in [0.2, 0.25) is 0 Å². The normalized spacial score (nSPS) is 29.3. The van der Waals surface area contributed by atoms with Gasteiger partial charge in [0.1, 0.15) is 0 Å². The van der Waals surface area contributed by atoms with Gasteiger partial charge in [-0.3, -0.25) is 5.43 Å². The topological polar surface area (TPSA) is 205 Å². The summed E-state index contributed by atoms with van der Waals surface area (Å²) < 4.78 is 0. The van der Waals surface area contributed by atoms with Crippen LogP contribution in [0.15, 0.2) is 46.9 Å². The lowest BCUT2D eigenvalue weighted by Crippen LogP contribution is -2.27. The van der Waals surface area contributed by atoms with E-state index >= 15 is 0 Å². The first-order chi connectivity index (χ1) is 29.3. The third kappa shape index (κ3) is 14.4. The highest BCUT2D eigenvalue weighted by Crippen LogP contribution is 2.56. The molecule has 3 aromatic rings. The average Bonchev–Trinajstić information content (AvgIpc) is 4.02. The Balaban J connectivity index is 0.000000141. The largest absolute Gasteiger partial charge is 0.365 e. The minimum Gasteiger partial charge on any atom is -0.365 e. The molecule has 9 unspecified atom stereocenters. The van der Waals surface area contributed by atoms with Gasteiger partial charge >= 0.3 is 0 Å². The van der Waals surface area contributed by atoms with Crippen LogP contribution in [0.1, 0.15) is 172 Å². The average molecular weight is 835 g/mol. The molecular formula is C47H74N14. The van der Waals surface area contributed by atoms with Crippen molar-refractivity contribution in [1.29, 1.82) is 0 Å². The molecule has 0 spiro atoms. The maximum absolute atomic E-state index is 5.08. The van der Waals surface area contributed by atoms with Crippen LogP contribution in [0.5, 0.6) is 0 Å². The van der Waals surface area contributed by atoms with Crippen LogP contribution in [0.3, 0.4) is 0 Å². The maximum Gasteiger partial charge on any atom is 0.259 e. The van der Waals surface area contributed by atoms with Crippen LogP contribution >= 0.6 is 0 Å². The summed E-state index contributed by atoms with van der Waals surface area (Å²) in [5, 5.41) is 40.5. The zero-order chi connectivity index (χ0) is 43.9. The minimum atomic E-state index is 0.107. The van der Waals surface area contributed by atoms with Gasteiger partial charge in [0.25, 0.3) is 11.9 Å². The fourth-order valence-electron chi connectivity index (χ4n) is 10.0. The summed E-state index contributed by atoms with van der Waals surface area (Å²) in [4.78, 5) is 0. The Hall–Kier alpha value is -4.75. The van der Waals surface area contributed by atoms with E-state index in [0.717, 1.165) is 53.0 Å². The first-order valence-corrected chi connectivity index (χ1v) is 23.0. The fourth-order valence-corrected chi connectivity index (χ4v) is 10.0.